The van der Waals surface area contributed by atoms with Gasteiger partial charge < -0.3 is 10.0 Å². The third kappa shape index (κ3) is 5.40. The Morgan fingerprint density at radius 3 is 2.32 bits per heavy atom. The molecule has 0 aliphatic carbocycles. The van der Waals surface area contributed by atoms with E-state index in [1.54, 1.807) is 0 Å². The fraction of sp³-hybridized carbons (Fsp3) is 0.600. The van der Waals surface area contributed by atoms with E-state index in [0.29, 0.717) is 0 Å². The van der Waals surface area contributed by atoms with Crippen molar-refractivity contribution in [3.63, 3.8) is 0 Å². The highest BCUT2D eigenvalue weighted by atomic mass is 32.2. The third-order valence-corrected chi connectivity index (χ3v) is 7.13. The monoisotopic (exact) mass is 455 g/mol. The second-order valence-corrected chi connectivity index (χ2v) is 10.4. The standard InChI is InChI=1S/C20H29N3O7S/c1-13(2)11-16-19(24)21(17(20(25)26)12-14(3)4)9-10-22(16)31(29,30)18-8-6-5-7-15(18)23(27)28/h5-8,13-14,16-17H,9-12H2,1-4H3,(H,25,26). The van der Waals surface area contributed by atoms with Gasteiger partial charge in [-0.3, -0.25) is 14.9 Å². The molecule has 1 aromatic carbocycles. The van der Waals surface area contributed by atoms with E-state index in [0.717, 1.165) is 16.4 Å². The largest absolute Gasteiger partial charge is 0.480 e. The van der Waals surface area contributed by atoms with E-state index in [9.17, 15) is 33.2 Å². The molecule has 0 aromatic heterocycles. The highest BCUT2D eigenvalue weighted by molar-refractivity contribution is 7.89. The maximum Gasteiger partial charge on any atom is 0.326 e. The van der Waals surface area contributed by atoms with Gasteiger partial charge in [-0.05, 0) is 30.7 Å². The Morgan fingerprint density at radius 1 is 1.19 bits per heavy atom. The van der Waals surface area contributed by atoms with Crippen LogP contribution < -0.4 is 0 Å². The number of para-hydroxylation sites is 1. The molecular weight excluding hydrogens is 426 g/mol. The molecule has 0 bridgehead atoms. The van der Waals surface area contributed by atoms with E-state index < -0.39 is 49.5 Å². The Kier molecular flexibility index (Phi) is 7.77. The normalized spacial score (nSPS) is 19.1. The number of nitro groups is 1. The molecule has 1 aromatic rings. The minimum Gasteiger partial charge on any atom is -0.480 e. The van der Waals surface area contributed by atoms with Crippen LogP contribution in [0.4, 0.5) is 5.69 Å². The molecule has 2 atom stereocenters. The van der Waals surface area contributed by atoms with Crippen molar-refractivity contribution in [2.45, 2.75) is 57.5 Å². The van der Waals surface area contributed by atoms with Gasteiger partial charge in [0.1, 0.15) is 12.1 Å². The minimum absolute atomic E-state index is 0.0196. The maximum atomic E-state index is 13.4. The number of carbonyl (C=O) groups excluding carboxylic acids is 1. The molecule has 2 rings (SSSR count). The Bertz CT molecular complexity index is 946. The SMILES string of the molecule is CC(C)CC(C(=O)O)N1CCN(S(=O)(=O)c2ccccc2[N+](=O)[O-])C(CC(C)C)C1=O. The van der Waals surface area contributed by atoms with E-state index in [-0.39, 0.29) is 37.8 Å². The van der Waals surface area contributed by atoms with Crippen LogP contribution in [-0.2, 0) is 19.6 Å². The lowest BCUT2D eigenvalue weighted by molar-refractivity contribution is -0.387. The third-order valence-electron chi connectivity index (χ3n) is 5.18. The summed E-state index contributed by atoms with van der Waals surface area (Å²) in [6.45, 7) is 7.11. The molecule has 31 heavy (non-hydrogen) atoms. The molecular formula is C20H29N3O7S. The predicted octanol–water partition coefficient (Wildman–Crippen LogP) is 2.34. The summed E-state index contributed by atoms with van der Waals surface area (Å²) in [4.78, 5) is 36.5. The number of carboxylic acid groups (broad SMARTS) is 1. The number of nitrogens with zero attached hydrogens (tertiary/aromatic N) is 3. The number of nitro benzene ring substituents is 1. The van der Waals surface area contributed by atoms with Gasteiger partial charge in [-0.1, -0.05) is 39.8 Å². The first-order chi connectivity index (χ1) is 14.4. The van der Waals surface area contributed by atoms with E-state index in [1.807, 2.05) is 27.7 Å². The Morgan fingerprint density at radius 2 is 1.81 bits per heavy atom. The molecule has 1 amide bonds. The quantitative estimate of drug-likeness (QED) is 0.445. The van der Waals surface area contributed by atoms with Gasteiger partial charge in [0.15, 0.2) is 4.90 Å². The number of rotatable bonds is 9. The van der Waals surface area contributed by atoms with Gasteiger partial charge in [-0.15, -0.1) is 0 Å². The zero-order valence-electron chi connectivity index (χ0n) is 18.1. The van der Waals surface area contributed by atoms with Crippen LogP contribution in [0.3, 0.4) is 0 Å². The summed E-state index contributed by atoms with van der Waals surface area (Å²) in [5, 5.41) is 21.0. The number of piperazine rings is 1. The number of benzene rings is 1. The zero-order valence-corrected chi connectivity index (χ0v) is 18.9. The van der Waals surface area contributed by atoms with Crippen molar-refractivity contribution >= 4 is 27.6 Å². The van der Waals surface area contributed by atoms with Crippen molar-refractivity contribution in [3.05, 3.63) is 34.4 Å². The Labute approximate surface area is 182 Å². The zero-order chi connectivity index (χ0) is 23.5. The van der Waals surface area contributed by atoms with Crippen molar-refractivity contribution in [2.75, 3.05) is 13.1 Å². The second-order valence-electron chi connectivity index (χ2n) is 8.50. The fourth-order valence-electron chi connectivity index (χ4n) is 3.81. The molecule has 0 saturated carbocycles. The topological polar surface area (TPSA) is 138 Å². The first kappa shape index (κ1) is 24.7. The molecule has 0 spiro atoms. The van der Waals surface area contributed by atoms with Crippen LogP contribution in [0.25, 0.3) is 0 Å². The van der Waals surface area contributed by atoms with Gasteiger partial charge in [0.25, 0.3) is 15.7 Å². The first-order valence-electron chi connectivity index (χ1n) is 10.2. The number of carbonyl (C=O) groups is 2. The molecule has 1 aliphatic heterocycles. The smallest absolute Gasteiger partial charge is 0.326 e. The molecule has 0 radical (unpaired) electrons. The van der Waals surface area contributed by atoms with E-state index in [4.69, 9.17) is 0 Å². The lowest BCUT2D eigenvalue weighted by Gasteiger charge is -2.42. The summed E-state index contributed by atoms with van der Waals surface area (Å²) < 4.78 is 27.7. The molecule has 2 unspecified atom stereocenters. The highest BCUT2D eigenvalue weighted by Crippen LogP contribution is 2.32. The van der Waals surface area contributed by atoms with Gasteiger partial charge >= 0.3 is 5.97 Å². The second kappa shape index (κ2) is 9.73. The van der Waals surface area contributed by atoms with Crippen LogP contribution in [0.2, 0.25) is 0 Å². The van der Waals surface area contributed by atoms with Crippen LogP contribution in [0.15, 0.2) is 29.2 Å². The summed E-state index contributed by atoms with van der Waals surface area (Å²) in [5.41, 5.74) is -0.566. The van der Waals surface area contributed by atoms with E-state index in [1.165, 1.54) is 17.0 Å². The van der Waals surface area contributed by atoms with Gasteiger partial charge in [0.05, 0.1) is 4.92 Å². The summed E-state index contributed by atoms with van der Waals surface area (Å²) in [6, 6.07) is 2.82. The van der Waals surface area contributed by atoms with Crippen LogP contribution in [0.1, 0.15) is 40.5 Å². The number of hydrogen-bond donors (Lipinski definition) is 1. The predicted molar refractivity (Wildman–Crippen MR) is 113 cm³/mol. The van der Waals surface area contributed by atoms with Gasteiger partial charge in [-0.2, -0.15) is 4.31 Å². The summed E-state index contributed by atoms with van der Waals surface area (Å²) >= 11 is 0. The molecule has 10 nitrogen and oxygen atoms in total. The van der Waals surface area contributed by atoms with Crippen molar-refractivity contribution < 1.29 is 28.0 Å². The number of hydrogen-bond acceptors (Lipinski definition) is 6. The lowest BCUT2D eigenvalue weighted by Crippen LogP contribution is -2.62. The summed E-state index contributed by atoms with van der Waals surface area (Å²) in [7, 11) is -4.36. The molecule has 11 heteroatoms. The summed E-state index contributed by atoms with van der Waals surface area (Å²) in [6.07, 6.45) is 0.412. The lowest BCUT2D eigenvalue weighted by atomic mass is 9.97. The molecule has 1 aliphatic rings. The van der Waals surface area contributed by atoms with Gasteiger partial charge in [-0.25, -0.2) is 13.2 Å². The molecule has 1 N–H and O–H groups in total. The van der Waals surface area contributed by atoms with Gasteiger partial charge in [0.2, 0.25) is 5.91 Å². The van der Waals surface area contributed by atoms with Crippen LogP contribution in [0, 0.1) is 22.0 Å². The first-order valence-corrected chi connectivity index (χ1v) is 11.6. The van der Waals surface area contributed by atoms with Crippen LogP contribution >= 0.6 is 0 Å². The van der Waals surface area contributed by atoms with Crippen LogP contribution in [-0.4, -0.2) is 64.7 Å². The number of sulfonamides is 1. The Hall–Kier alpha value is -2.53. The minimum atomic E-state index is -4.36. The molecule has 172 valence electrons. The van der Waals surface area contributed by atoms with Crippen molar-refractivity contribution in [1.82, 2.24) is 9.21 Å². The molecule has 1 heterocycles. The Balaban J connectivity index is 2.49. The van der Waals surface area contributed by atoms with Crippen LogP contribution in [0.5, 0.6) is 0 Å². The fourth-order valence-corrected chi connectivity index (χ4v) is 5.55. The van der Waals surface area contributed by atoms with Crippen molar-refractivity contribution in [1.29, 1.82) is 0 Å². The average molecular weight is 456 g/mol. The molecule has 1 fully saturated rings. The number of aliphatic carboxylic acids is 1. The summed E-state index contributed by atoms with van der Waals surface area (Å²) in [5.74, 6) is -1.77. The van der Waals surface area contributed by atoms with Crippen molar-refractivity contribution in [3.8, 4) is 0 Å². The molecule has 1 saturated heterocycles. The number of carboxylic acids is 1. The van der Waals surface area contributed by atoms with Crippen molar-refractivity contribution in [2.24, 2.45) is 11.8 Å². The van der Waals surface area contributed by atoms with E-state index >= 15 is 0 Å². The highest BCUT2D eigenvalue weighted by Gasteiger charge is 2.46. The van der Waals surface area contributed by atoms with Gasteiger partial charge in [0, 0.05) is 19.2 Å². The van der Waals surface area contributed by atoms with E-state index in [2.05, 4.69) is 0 Å². The average Bonchev–Trinajstić information content (AvgIpc) is 2.67. The number of amides is 1. The maximum absolute atomic E-state index is 13.4.